The van der Waals surface area contributed by atoms with Gasteiger partial charge in [0.05, 0.1) is 10.5 Å². The Hall–Kier alpha value is -0.990. The fourth-order valence-electron chi connectivity index (χ4n) is 1.13. The van der Waals surface area contributed by atoms with Crippen LogP contribution in [0.25, 0.3) is 10.9 Å². The minimum atomic E-state index is 0.0315. The van der Waals surface area contributed by atoms with Crippen molar-refractivity contribution in [3.05, 3.63) is 34.4 Å². The highest BCUT2D eigenvalue weighted by atomic mass is 35.5. The van der Waals surface area contributed by atoms with Crippen LogP contribution in [0.2, 0.25) is 10.0 Å². The molecule has 1 N–H and O–H groups in total. The zero-order valence-electron chi connectivity index (χ0n) is 6.46. The monoisotopic (exact) mass is 213 g/mol. The zero-order chi connectivity index (χ0) is 9.42. The summed E-state index contributed by atoms with van der Waals surface area (Å²) in [6.07, 6.45) is 1.50. The SMILES string of the molecule is Oc1ccc2cc(Cl)cnc2c1Cl. The van der Waals surface area contributed by atoms with Gasteiger partial charge in [0.15, 0.2) is 0 Å². The normalized spacial score (nSPS) is 10.6. The summed E-state index contributed by atoms with van der Waals surface area (Å²) in [4.78, 5) is 4.02. The smallest absolute Gasteiger partial charge is 0.136 e. The molecule has 1 aromatic carbocycles. The van der Waals surface area contributed by atoms with Gasteiger partial charge in [-0.25, -0.2) is 0 Å². The first-order chi connectivity index (χ1) is 6.18. The number of hydrogen-bond donors (Lipinski definition) is 1. The van der Waals surface area contributed by atoms with Crippen LogP contribution < -0.4 is 0 Å². The molecule has 0 spiro atoms. The lowest BCUT2D eigenvalue weighted by Crippen LogP contribution is -1.80. The molecule has 0 aliphatic rings. The number of phenols is 1. The number of phenolic OH excluding ortho intramolecular Hbond substituents is 1. The second-order valence-corrected chi connectivity index (χ2v) is 3.44. The van der Waals surface area contributed by atoms with Crippen molar-refractivity contribution in [1.29, 1.82) is 0 Å². The first-order valence-corrected chi connectivity index (χ1v) is 4.37. The molecule has 2 nitrogen and oxygen atoms in total. The van der Waals surface area contributed by atoms with Gasteiger partial charge >= 0.3 is 0 Å². The Morgan fingerprint density at radius 1 is 1.23 bits per heavy atom. The minimum absolute atomic E-state index is 0.0315. The first-order valence-electron chi connectivity index (χ1n) is 3.61. The molecular formula is C9H5Cl2NO. The molecule has 0 amide bonds. The molecule has 0 fully saturated rings. The van der Waals surface area contributed by atoms with Crippen molar-refractivity contribution in [3.63, 3.8) is 0 Å². The summed E-state index contributed by atoms with van der Waals surface area (Å²) in [5.41, 5.74) is 0.561. The molecule has 1 aromatic heterocycles. The van der Waals surface area contributed by atoms with Gasteiger partial charge < -0.3 is 5.11 Å². The van der Waals surface area contributed by atoms with E-state index in [1.165, 1.54) is 12.3 Å². The topological polar surface area (TPSA) is 33.1 Å². The Kier molecular flexibility index (Phi) is 2.02. The Balaban J connectivity index is 2.87. The summed E-state index contributed by atoms with van der Waals surface area (Å²) in [5, 5.41) is 10.9. The van der Waals surface area contributed by atoms with Crippen molar-refractivity contribution < 1.29 is 5.11 Å². The second kappa shape index (κ2) is 3.05. The van der Waals surface area contributed by atoms with Crippen molar-refractivity contribution in [2.24, 2.45) is 0 Å². The lowest BCUT2D eigenvalue weighted by molar-refractivity contribution is 0.476. The fraction of sp³-hybridized carbons (Fsp3) is 0. The van der Waals surface area contributed by atoms with Gasteiger partial charge in [-0.3, -0.25) is 4.98 Å². The maximum atomic E-state index is 9.28. The van der Waals surface area contributed by atoms with Crippen molar-refractivity contribution in [3.8, 4) is 5.75 Å². The van der Waals surface area contributed by atoms with Gasteiger partial charge in [0, 0.05) is 11.6 Å². The van der Waals surface area contributed by atoms with E-state index in [0.717, 1.165) is 5.39 Å². The molecule has 66 valence electrons. The number of hydrogen-bond acceptors (Lipinski definition) is 2. The Morgan fingerprint density at radius 3 is 2.77 bits per heavy atom. The van der Waals surface area contributed by atoms with Crippen LogP contribution in [0.5, 0.6) is 5.75 Å². The number of fused-ring (bicyclic) bond motifs is 1. The third-order valence-corrected chi connectivity index (χ3v) is 2.32. The molecule has 2 aromatic rings. The van der Waals surface area contributed by atoms with Crippen molar-refractivity contribution in [2.45, 2.75) is 0 Å². The van der Waals surface area contributed by atoms with E-state index in [2.05, 4.69) is 4.98 Å². The summed E-state index contributed by atoms with van der Waals surface area (Å²) in [5.74, 6) is 0.0315. The van der Waals surface area contributed by atoms with E-state index in [4.69, 9.17) is 23.2 Å². The van der Waals surface area contributed by atoms with E-state index in [9.17, 15) is 5.11 Å². The highest BCUT2D eigenvalue weighted by Crippen LogP contribution is 2.31. The molecule has 0 aliphatic carbocycles. The summed E-state index contributed by atoms with van der Waals surface area (Å²) < 4.78 is 0. The van der Waals surface area contributed by atoms with Crippen LogP contribution in [-0.2, 0) is 0 Å². The third-order valence-electron chi connectivity index (χ3n) is 1.74. The van der Waals surface area contributed by atoms with Crippen LogP contribution in [0, 0.1) is 0 Å². The summed E-state index contributed by atoms with van der Waals surface area (Å²) in [6, 6.07) is 4.98. The maximum absolute atomic E-state index is 9.28. The lowest BCUT2D eigenvalue weighted by Gasteiger charge is -2.01. The average molecular weight is 214 g/mol. The van der Waals surface area contributed by atoms with Gasteiger partial charge in [0.1, 0.15) is 10.8 Å². The molecule has 0 atom stereocenters. The summed E-state index contributed by atoms with van der Waals surface area (Å²) in [6.45, 7) is 0. The van der Waals surface area contributed by atoms with Gasteiger partial charge in [0.25, 0.3) is 0 Å². The molecule has 0 saturated heterocycles. The molecule has 1 heterocycles. The number of aromatic hydroxyl groups is 1. The molecule has 0 unspecified atom stereocenters. The van der Waals surface area contributed by atoms with Crippen LogP contribution in [0.3, 0.4) is 0 Å². The first kappa shape index (κ1) is 8.60. The van der Waals surface area contributed by atoms with Gasteiger partial charge in [-0.1, -0.05) is 23.2 Å². The molecule has 2 rings (SSSR count). The highest BCUT2D eigenvalue weighted by molar-refractivity contribution is 6.37. The largest absolute Gasteiger partial charge is 0.506 e. The van der Waals surface area contributed by atoms with E-state index in [1.807, 2.05) is 0 Å². The molecule has 0 aliphatic heterocycles. The van der Waals surface area contributed by atoms with E-state index in [0.29, 0.717) is 10.5 Å². The number of benzene rings is 1. The minimum Gasteiger partial charge on any atom is -0.506 e. The second-order valence-electron chi connectivity index (χ2n) is 2.62. The standard InChI is InChI=1S/C9H5Cl2NO/c10-6-3-5-1-2-7(13)8(11)9(5)12-4-6/h1-4,13H. The molecule has 0 bridgehead atoms. The van der Waals surface area contributed by atoms with Crippen molar-refractivity contribution >= 4 is 34.1 Å². The Bertz CT molecular complexity index is 470. The van der Waals surface area contributed by atoms with Gasteiger partial charge in [-0.2, -0.15) is 0 Å². The number of aromatic nitrogens is 1. The van der Waals surface area contributed by atoms with Crippen molar-refractivity contribution in [2.75, 3.05) is 0 Å². The van der Waals surface area contributed by atoms with Crippen LogP contribution in [0.4, 0.5) is 0 Å². The predicted molar refractivity (Wildman–Crippen MR) is 53.4 cm³/mol. The number of halogens is 2. The highest BCUT2D eigenvalue weighted by Gasteiger charge is 2.05. The van der Waals surface area contributed by atoms with Gasteiger partial charge in [-0.15, -0.1) is 0 Å². The summed E-state index contributed by atoms with van der Waals surface area (Å²) in [7, 11) is 0. The van der Waals surface area contributed by atoms with E-state index in [-0.39, 0.29) is 10.8 Å². The number of pyridine rings is 1. The van der Waals surface area contributed by atoms with Crippen LogP contribution in [-0.4, -0.2) is 10.1 Å². The Labute approximate surface area is 84.7 Å². The lowest BCUT2D eigenvalue weighted by atomic mass is 10.2. The van der Waals surface area contributed by atoms with E-state index >= 15 is 0 Å². The maximum Gasteiger partial charge on any atom is 0.136 e. The van der Waals surface area contributed by atoms with Crippen LogP contribution in [0.1, 0.15) is 0 Å². The molecule has 0 saturated carbocycles. The fourth-order valence-corrected chi connectivity index (χ4v) is 1.52. The number of rotatable bonds is 0. The zero-order valence-corrected chi connectivity index (χ0v) is 7.97. The summed E-state index contributed by atoms with van der Waals surface area (Å²) >= 11 is 11.6. The number of nitrogens with zero attached hydrogens (tertiary/aromatic N) is 1. The van der Waals surface area contributed by atoms with Gasteiger partial charge in [-0.05, 0) is 18.2 Å². The Morgan fingerprint density at radius 2 is 2.00 bits per heavy atom. The van der Waals surface area contributed by atoms with Gasteiger partial charge in [0.2, 0.25) is 0 Å². The average Bonchev–Trinajstić information content (AvgIpc) is 2.12. The predicted octanol–water partition coefficient (Wildman–Crippen LogP) is 3.25. The third kappa shape index (κ3) is 1.43. The molecule has 4 heteroatoms. The molecule has 13 heavy (non-hydrogen) atoms. The van der Waals surface area contributed by atoms with Crippen molar-refractivity contribution in [1.82, 2.24) is 4.98 Å². The molecule has 0 radical (unpaired) electrons. The van der Waals surface area contributed by atoms with E-state index < -0.39 is 0 Å². The van der Waals surface area contributed by atoms with Crippen LogP contribution in [0.15, 0.2) is 24.4 Å². The quantitative estimate of drug-likeness (QED) is 0.730. The van der Waals surface area contributed by atoms with E-state index in [1.54, 1.807) is 12.1 Å². The van der Waals surface area contributed by atoms with Crippen LogP contribution >= 0.6 is 23.2 Å². The molecular weight excluding hydrogens is 209 g/mol.